The molecule has 1 aliphatic rings. The van der Waals surface area contributed by atoms with E-state index < -0.39 is 0 Å². The van der Waals surface area contributed by atoms with Crippen molar-refractivity contribution in [3.63, 3.8) is 0 Å². The summed E-state index contributed by atoms with van der Waals surface area (Å²) in [5, 5.41) is 5.74. The summed E-state index contributed by atoms with van der Waals surface area (Å²) >= 11 is 0. The summed E-state index contributed by atoms with van der Waals surface area (Å²) in [6.45, 7) is 10.0. The summed E-state index contributed by atoms with van der Waals surface area (Å²) in [7, 11) is 0. The first-order valence-electron chi connectivity index (χ1n) is 8.22. The second-order valence-electron chi connectivity index (χ2n) is 6.07. The molecule has 122 valence electrons. The zero-order valence-corrected chi connectivity index (χ0v) is 13.7. The zero-order valence-electron chi connectivity index (χ0n) is 13.7. The van der Waals surface area contributed by atoms with Crippen LogP contribution < -0.4 is 15.5 Å². The highest BCUT2D eigenvalue weighted by atomic mass is 16.2. The van der Waals surface area contributed by atoms with Gasteiger partial charge in [0.1, 0.15) is 0 Å². The Morgan fingerprint density at radius 2 is 1.82 bits per heavy atom. The van der Waals surface area contributed by atoms with Gasteiger partial charge in [-0.2, -0.15) is 0 Å². The average molecular weight is 304 g/mol. The molecule has 0 bridgehead atoms. The van der Waals surface area contributed by atoms with Crippen molar-refractivity contribution in [3.8, 4) is 0 Å². The van der Waals surface area contributed by atoms with Crippen LogP contribution >= 0.6 is 0 Å². The predicted octanol–water partition coefficient (Wildman–Crippen LogP) is 1.91. The SMILES string of the molecule is CC(C)NC(=O)NCCCN1CCN(c2ccccc2)CC1. The maximum Gasteiger partial charge on any atom is 0.314 e. The summed E-state index contributed by atoms with van der Waals surface area (Å²) in [4.78, 5) is 16.4. The van der Waals surface area contributed by atoms with Crippen LogP contribution in [0.15, 0.2) is 30.3 Å². The molecule has 1 aromatic carbocycles. The van der Waals surface area contributed by atoms with Crippen LogP contribution in [0.2, 0.25) is 0 Å². The lowest BCUT2D eigenvalue weighted by molar-refractivity contribution is 0.234. The van der Waals surface area contributed by atoms with Crippen LogP contribution in [-0.2, 0) is 0 Å². The first-order valence-corrected chi connectivity index (χ1v) is 8.22. The number of para-hydroxylation sites is 1. The average Bonchev–Trinajstić information content (AvgIpc) is 2.52. The van der Waals surface area contributed by atoms with E-state index in [1.807, 2.05) is 13.8 Å². The molecular weight excluding hydrogens is 276 g/mol. The largest absolute Gasteiger partial charge is 0.369 e. The number of piperazine rings is 1. The summed E-state index contributed by atoms with van der Waals surface area (Å²) < 4.78 is 0. The highest BCUT2D eigenvalue weighted by Gasteiger charge is 2.16. The lowest BCUT2D eigenvalue weighted by Crippen LogP contribution is -2.47. The van der Waals surface area contributed by atoms with E-state index in [1.165, 1.54) is 5.69 Å². The van der Waals surface area contributed by atoms with E-state index in [1.54, 1.807) is 0 Å². The van der Waals surface area contributed by atoms with Crippen molar-refractivity contribution in [1.82, 2.24) is 15.5 Å². The van der Waals surface area contributed by atoms with E-state index in [0.29, 0.717) is 0 Å². The van der Waals surface area contributed by atoms with E-state index in [4.69, 9.17) is 0 Å². The number of nitrogens with zero attached hydrogens (tertiary/aromatic N) is 2. The van der Waals surface area contributed by atoms with Gasteiger partial charge in [-0.3, -0.25) is 4.90 Å². The number of urea groups is 1. The Hall–Kier alpha value is -1.75. The van der Waals surface area contributed by atoms with Crippen LogP contribution in [0.25, 0.3) is 0 Å². The molecule has 1 aromatic rings. The van der Waals surface area contributed by atoms with Gasteiger partial charge in [0.15, 0.2) is 0 Å². The van der Waals surface area contributed by atoms with Gasteiger partial charge in [-0.1, -0.05) is 18.2 Å². The molecule has 1 fully saturated rings. The smallest absolute Gasteiger partial charge is 0.314 e. The number of benzene rings is 1. The topological polar surface area (TPSA) is 47.6 Å². The second-order valence-corrected chi connectivity index (χ2v) is 6.07. The molecule has 0 saturated carbocycles. The second kappa shape index (κ2) is 8.63. The van der Waals surface area contributed by atoms with Crippen molar-refractivity contribution in [2.45, 2.75) is 26.3 Å². The third-order valence-corrected chi connectivity index (χ3v) is 3.85. The number of hydrogen-bond acceptors (Lipinski definition) is 3. The monoisotopic (exact) mass is 304 g/mol. The van der Waals surface area contributed by atoms with Crippen molar-refractivity contribution in [1.29, 1.82) is 0 Å². The molecule has 0 unspecified atom stereocenters. The Balaban J connectivity index is 1.59. The van der Waals surface area contributed by atoms with E-state index in [2.05, 4.69) is 50.8 Å². The van der Waals surface area contributed by atoms with Crippen molar-refractivity contribution in [2.24, 2.45) is 0 Å². The van der Waals surface area contributed by atoms with Crippen molar-refractivity contribution in [3.05, 3.63) is 30.3 Å². The van der Waals surface area contributed by atoms with Crippen LogP contribution in [0.5, 0.6) is 0 Å². The van der Waals surface area contributed by atoms with Gasteiger partial charge < -0.3 is 15.5 Å². The number of amides is 2. The van der Waals surface area contributed by atoms with Crippen LogP contribution in [-0.4, -0.2) is 56.2 Å². The molecule has 0 spiro atoms. The molecular formula is C17H28N4O. The van der Waals surface area contributed by atoms with E-state index in [0.717, 1.165) is 45.7 Å². The van der Waals surface area contributed by atoms with Gasteiger partial charge in [0.05, 0.1) is 0 Å². The summed E-state index contributed by atoms with van der Waals surface area (Å²) in [6.07, 6.45) is 0.997. The third-order valence-electron chi connectivity index (χ3n) is 3.85. The van der Waals surface area contributed by atoms with Gasteiger partial charge in [0.2, 0.25) is 0 Å². The van der Waals surface area contributed by atoms with E-state index in [-0.39, 0.29) is 12.1 Å². The maximum absolute atomic E-state index is 11.5. The maximum atomic E-state index is 11.5. The third kappa shape index (κ3) is 5.56. The minimum Gasteiger partial charge on any atom is -0.369 e. The minimum absolute atomic E-state index is 0.0658. The highest BCUT2D eigenvalue weighted by molar-refractivity contribution is 5.73. The summed E-state index contributed by atoms with van der Waals surface area (Å²) in [5.41, 5.74) is 1.31. The zero-order chi connectivity index (χ0) is 15.8. The number of anilines is 1. The quantitative estimate of drug-likeness (QED) is 0.789. The first kappa shape index (κ1) is 16.6. The lowest BCUT2D eigenvalue weighted by atomic mass is 10.2. The molecule has 0 radical (unpaired) electrons. The number of carbonyl (C=O) groups is 1. The van der Waals surface area contributed by atoms with Crippen molar-refractivity contribution >= 4 is 11.7 Å². The Morgan fingerprint density at radius 3 is 2.45 bits per heavy atom. The van der Waals surface area contributed by atoms with Gasteiger partial charge in [-0.25, -0.2) is 4.79 Å². The van der Waals surface area contributed by atoms with Crippen LogP contribution in [0.4, 0.5) is 10.5 Å². The number of hydrogen-bond donors (Lipinski definition) is 2. The molecule has 5 heteroatoms. The van der Waals surface area contributed by atoms with Crippen molar-refractivity contribution < 1.29 is 4.79 Å². The molecule has 0 aliphatic carbocycles. The van der Waals surface area contributed by atoms with E-state index in [9.17, 15) is 4.79 Å². The standard InChI is InChI=1S/C17H28N4O/c1-15(2)19-17(22)18-9-6-10-20-11-13-21(14-12-20)16-7-4-3-5-8-16/h3-5,7-8,15H,6,9-14H2,1-2H3,(H2,18,19,22). The number of carbonyl (C=O) groups excluding carboxylic acids is 1. The summed E-state index contributed by atoms with van der Waals surface area (Å²) in [5.74, 6) is 0. The van der Waals surface area contributed by atoms with Gasteiger partial charge in [0.25, 0.3) is 0 Å². The molecule has 1 heterocycles. The fourth-order valence-corrected chi connectivity index (χ4v) is 2.69. The molecule has 2 N–H and O–H groups in total. The molecule has 2 amide bonds. The van der Waals surface area contributed by atoms with Gasteiger partial charge in [0, 0.05) is 44.5 Å². The van der Waals surface area contributed by atoms with E-state index >= 15 is 0 Å². The summed E-state index contributed by atoms with van der Waals surface area (Å²) in [6, 6.07) is 10.7. The molecule has 1 saturated heterocycles. The van der Waals surface area contributed by atoms with Gasteiger partial charge in [-0.05, 0) is 38.9 Å². The Kier molecular flexibility index (Phi) is 6.52. The highest BCUT2D eigenvalue weighted by Crippen LogP contribution is 2.15. The molecule has 0 atom stereocenters. The molecule has 2 rings (SSSR count). The molecule has 0 aromatic heterocycles. The molecule has 1 aliphatic heterocycles. The number of nitrogens with one attached hydrogen (secondary N) is 2. The van der Waals surface area contributed by atoms with Gasteiger partial charge in [-0.15, -0.1) is 0 Å². The normalized spacial score (nSPS) is 15.9. The Labute approximate surface area is 133 Å². The number of rotatable bonds is 6. The fourth-order valence-electron chi connectivity index (χ4n) is 2.69. The first-order chi connectivity index (χ1) is 10.6. The fraction of sp³-hybridized carbons (Fsp3) is 0.588. The predicted molar refractivity (Wildman–Crippen MR) is 91.4 cm³/mol. The van der Waals surface area contributed by atoms with Gasteiger partial charge >= 0.3 is 6.03 Å². The van der Waals surface area contributed by atoms with Crippen LogP contribution in [0, 0.1) is 0 Å². The Morgan fingerprint density at radius 1 is 1.14 bits per heavy atom. The minimum atomic E-state index is -0.0658. The Bertz CT molecular complexity index is 441. The van der Waals surface area contributed by atoms with Crippen molar-refractivity contribution in [2.75, 3.05) is 44.2 Å². The molecule has 5 nitrogen and oxygen atoms in total. The van der Waals surface area contributed by atoms with Crippen LogP contribution in [0.1, 0.15) is 20.3 Å². The molecule has 22 heavy (non-hydrogen) atoms. The van der Waals surface area contributed by atoms with Crippen LogP contribution in [0.3, 0.4) is 0 Å². The lowest BCUT2D eigenvalue weighted by Gasteiger charge is -2.36.